The Labute approximate surface area is 201 Å². The molecule has 1 aromatic rings. The molecular formula is C28H33N3O3. The zero-order valence-electron chi connectivity index (χ0n) is 19.8. The summed E-state index contributed by atoms with van der Waals surface area (Å²) in [5.74, 6) is 1.71. The molecule has 2 saturated carbocycles. The first-order chi connectivity index (χ1) is 16.5. The number of nitrogens with zero attached hydrogens (tertiary/aromatic N) is 2. The number of benzene rings is 1. The van der Waals surface area contributed by atoms with Gasteiger partial charge < -0.3 is 14.5 Å². The molecule has 6 aliphatic rings. The molecule has 3 aliphatic carbocycles. The Morgan fingerprint density at radius 2 is 2.03 bits per heavy atom. The van der Waals surface area contributed by atoms with Crippen LogP contribution in [0.25, 0.3) is 5.57 Å². The highest BCUT2D eigenvalue weighted by Gasteiger charge is 2.60. The van der Waals surface area contributed by atoms with Crippen LogP contribution in [0.15, 0.2) is 36.4 Å². The van der Waals surface area contributed by atoms with Gasteiger partial charge in [-0.1, -0.05) is 36.4 Å². The molecule has 7 rings (SSSR count). The van der Waals surface area contributed by atoms with E-state index in [0.29, 0.717) is 17.7 Å². The Hall–Kier alpha value is -2.44. The van der Waals surface area contributed by atoms with Gasteiger partial charge in [0.25, 0.3) is 0 Å². The van der Waals surface area contributed by atoms with Crippen LogP contribution in [0.1, 0.15) is 55.0 Å². The van der Waals surface area contributed by atoms with E-state index in [0.717, 1.165) is 58.3 Å². The number of likely N-dealkylation sites (tertiary alicyclic amines) is 1. The smallest absolute Gasteiger partial charge is 0.244 e. The quantitative estimate of drug-likeness (QED) is 0.735. The molecule has 1 N–H and O–H groups in total. The van der Waals surface area contributed by atoms with E-state index in [1.54, 1.807) is 0 Å². The lowest BCUT2D eigenvalue weighted by Crippen LogP contribution is -2.55. The minimum Gasteiger partial charge on any atom is -0.374 e. The first kappa shape index (κ1) is 20.9. The fourth-order valence-corrected chi connectivity index (χ4v) is 6.29. The van der Waals surface area contributed by atoms with E-state index in [-0.39, 0.29) is 29.6 Å². The van der Waals surface area contributed by atoms with Gasteiger partial charge in [0.15, 0.2) is 0 Å². The molecule has 3 unspecified atom stereocenters. The maximum atomic E-state index is 13.4. The summed E-state index contributed by atoms with van der Waals surface area (Å²) in [5.41, 5.74) is 4.54. The number of hydrogen-bond donors (Lipinski definition) is 1. The van der Waals surface area contributed by atoms with Crippen LogP contribution < -0.4 is 5.32 Å². The number of amides is 2. The van der Waals surface area contributed by atoms with E-state index >= 15 is 0 Å². The zero-order valence-corrected chi connectivity index (χ0v) is 19.8. The average molecular weight is 460 g/mol. The number of rotatable bonds is 5. The number of allylic oxidation sites excluding steroid dienone is 2. The van der Waals surface area contributed by atoms with Crippen LogP contribution in [0.3, 0.4) is 0 Å². The Bertz CT molecular complexity index is 1110. The van der Waals surface area contributed by atoms with Crippen molar-refractivity contribution < 1.29 is 14.3 Å². The van der Waals surface area contributed by atoms with Gasteiger partial charge in [0.05, 0.1) is 6.10 Å². The van der Waals surface area contributed by atoms with E-state index in [1.165, 1.54) is 22.3 Å². The summed E-state index contributed by atoms with van der Waals surface area (Å²) in [7, 11) is 0. The summed E-state index contributed by atoms with van der Waals surface area (Å²) in [5, 5.41) is 3.69. The number of hydrogen-bond acceptors (Lipinski definition) is 4. The average Bonchev–Trinajstić information content (AvgIpc) is 3.72. The summed E-state index contributed by atoms with van der Waals surface area (Å²) >= 11 is 0. The molecule has 1 aromatic carbocycles. The zero-order chi connectivity index (χ0) is 23.0. The molecular weight excluding hydrogens is 426 g/mol. The highest BCUT2D eigenvalue weighted by Crippen LogP contribution is 2.47. The van der Waals surface area contributed by atoms with Gasteiger partial charge in [0.1, 0.15) is 11.7 Å². The number of fused-ring (bicyclic) bond motifs is 1. The van der Waals surface area contributed by atoms with Crippen LogP contribution >= 0.6 is 0 Å². The number of carbonyl (C=O) groups excluding carboxylic acids is 2. The van der Waals surface area contributed by atoms with Crippen molar-refractivity contribution in [3.63, 3.8) is 0 Å². The lowest BCUT2D eigenvalue weighted by Gasteiger charge is -2.42. The van der Waals surface area contributed by atoms with E-state index in [9.17, 15) is 9.59 Å². The van der Waals surface area contributed by atoms with Crippen LogP contribution in [0.2, 0.25) is 0 Å². The third-order valence-electron chi connectivity index (χ3n) is 8.74. The van der Waals surface area contributed by atoms with Gasteiger partial charge in [-0.25, -0.2) is 0 Å². The van der Waals surface area contributed by atoms with E-state index in [1.807, 2.05) is 4.90 Å². The van der Waals surface area contributed by atoms with Crippen molar-refractivity contribution in [2.75, 3.05) is 26.2 Å². The molecule has 3 atom stereocenters. The molecule has 2 amide bonds. The van der Waals surface area contributed by atoms with Crippen molar-refractivity contribution in [1.82, 2.24) is 15.1 Å². The molecule has 0 bridgehead atoms. The van der Waals surface area contributed by atoms with E-state index in [4.69, 9.17) is 4.74 Å². The molecule has 3 aliphatic heterocycles. The monoisotopic (exact) mass is 459 g/mol. The van der Waals surface area contributed by atoms with Gasteiger partial charge >= 0.3 is 0 Å². The van der Waals surface area contributed by atoms with Crippen molar-refractivity contribution >= 4 is 17.4 Å². The van der Waals surface area contributed by atoms with Crippen molar-refractivity contribution in [2.45, 2.75) is 56.8 Å². The van der Waals surface area contributed by atoms with Gasteiger partial charge in [-0.3, -0.25) is 14.9 Å². The van der Waals surface area contributed by atoms with Crippen molar-refractivity contribution in [2.24, 2.45) is 17.8 Å². The Morgan fingerprint density at radius 1 is 1.21 bits per heavy atom. The van der Waals surface area contributed by atoms with Gasteiger partial charge in [0, 0.05) is 44.0 Å². The molecule has 1 spiro atoms. The van der Waals surface area contributed by atoms with Crippen LogP contribution in [0.4, 0.5) is 0 Å². The van der Waals surface area contributed by atoms with Crippen molar-refractivity contribution in [3.05, 3.63) is 53.1 Å². The molecule has 178 valence electrons. The minimum absolute atomic E-state index is 0.0827. The second-order valence-electron chi connectivity index (χ2n) is 11.3. The third-order valence-corrected chi connectivity index (χ3v) is 8.74. The fraction of sp³-hybridized carbons (Fsp3) is 0.571. The molecule has 6 heteroatoms. The first-order valence-corrected chi connectivity index (χ1v) is 13.0. The van der Waals surface area contributed by atoms with Crippen LogP contribution in [0, 0.1) is 24.7 Å². The largest absolute Gasteiger partial charge is 0.374 e. The molecule has 0 aromatic heterocycles. The number of carbonyl (C=O) groups is 2. The normalized spacial score (nSPS) is 31.6. The van der Waals surface area contributed by atoms with Crippen molar-refractivity contribution in [1.29, 1.82) is 0 Å². The summed E-state index contributed by atoms with van der Waals surface area (Å²) in [4.78, 5) is 29.7. The lowest BCUT2D eigenvalue weighted by atomic mass is 9.88. The highest BCUT2D eigenvalue weighted by molar-refractivity contribution is 5.92. The standard InChI is InChI=1S/C28H33N3O3/c1-17-12-20(21-5-7-24-22(13-21)8-11-34-24)4-6-23(17)25-29-28(9-10-28)27(33)31(25)16-18-14-30(15-18)26(32)19-2-3-19/h4-7,12-13,18-19,22,24-25,29H,2-3,8-11,14-16H2,1H3. The first-order valence-electron chi connectivity index (χ1n) is 13.0. The second-order valence-corrected chi connectivity index (χ2v) is 11.3. The van der Waals surface area contributed by atoms with Gasteiger partial charge in [-0.15, -0.1) is 0 Å². The predicted octanol–water partition coefficient (Wildman–Crippen LogP) is 3.18. The lowest BCUT2D eigenvalue weighted by molar-refractivity contribution is -0.140. The second kappa shape index (κ2) is 7.53. The maximum absolute atomic E-state index is 13.4. The number of nitrogens with one attached hydrogen (secondary N) is 1. The van der Waals surface area contributed by atoms with Crippen LogP contribution in [-0.4, -0.2) is 59.5 Å². The SMILES string of the molecule is Cc1cc(C2=CC3CCOC3C=C2)ccc1C1NC2(CC2)C(=O)N1CC1CN(C(=O)C2CC2)C1. The molecule has 0 radical (unpaired) electrons. The number of aryl methyl sites for hydroxylation is 1. The minimum atomic E-state index is -0.352. The molecule has 3 heterocycles. The molecule has 6 nitrogen and oxygen atoms in total. The van der Waals surface area contributed by atoms with Crippen molar-refractivity contribution in [3.8, 4) is 0 Å². The molecule has 34 heavy (non-hydrogen) atoms. The number of ether oxygens (including phenoxy) is 1. The van der Waals surface area contributed by atoms with E-state index < -0.39 is 0 Å². The highest BCUT2D eigenvalue weighted by atomic mass is 16.5. The molecule has 3 saturated heterocycles. The fourth-order valence-electron chi connectivity index (χ4n) is 6.29. The Balaban J connectivity index is 1.10. The van der Waals surface area contributed by atoms with Gasteiger partial charge in [-0.05, 0) is 61.3 Å². The molecule has 5 fully saturated rings. The van der Waals surface area contributed by atoms with Gasteiger partial charge in [0.2, 0.25) is 11.8 Å². The van der Waals surface area contributed by atoms with E-state index in [2.05, 4.69) is 53.6 Å². The predicted molar refractivity (Wildman–Crippen MR) is 128 cm³/mol. The maximum Gasteiger partial charge on any atom is 0.244 e. The summed E-state index contributed by atoms with van der Waals surface area (Å²) < 4.78 is 5.78. The van der Waals surface area contributed by atoms with Crippen LogP contribution in [0.5, 0.6) is 0 Å². The van der Waals surface area contributed by atoms with Gasteiger partial charge in [-0.2, -0.15) is 0 Å². The third kappa shape index (κ3) is 3.37. The van der Waals surface area contributed by atoms with Crippen LogP contribution in [-0.2, 0) is 14.3 Å². The Kier molecular flexibility index (Phi) is 4.63. The Morgan fingerprint density at radius 3 is 2.76 bits per heavy atom. The summed E-state index contributed by atoms with van der Waals surface area (Å²) in [6.07, 6.45) is 11.9. The summed E-state index contributed by atoms with van der Waals surface area (Å²) in [6, 6.07) is 6.68. The topological polar surface area (TPSA) is 61.9 Å². The summed E-state index contributed by atoms with van der Waals surface area (Å²) in [6.45, 7) is 5.32.